The van der Waals surface area contributed by atoms with Crippen LogP contribution in [0.4, 0.5) is 10.5 Å². The largest absolute Gasteiger partial charge is 0.419 e. The number of rotatable bonds is 6. The first-order valence-corrected chi connectivity index (χ1v) is 8.73. The zero-order valence-corrected chi connectivity index (χ0v) is 15.1. The van der Waals surface area contributed by atoms with Crippen molar-refractivity contribution in [1.82, 2.24) is 15.1 Å². The summed E-state index contributed by atoms with van der Waals surface area (Å²) in [5, 5.41) is 11.5. The molecule has 26 heavy (non-hydrogen) atoms. The first-order valence-electron chi connectivity index (χ1n) is 8.35. The first-order chi connectivity index (χ1) is 12.7. The fourth-order valence-electron chi connectivity index (χ4n) is 2.47. The lowest BCUT2D eigenvalue weighted by Gasteiger charge is -2.20. The van der Waals surface area contributed by atoms with Gasteiger partial charge in [0.25, 0.3) is 0 Å². The molecule has 1 N–H and O–H groups in total. The predicted octanol–water partition coefficient (Wildman–Crippen LogP) is 4.83. The van der Waals surface area contributed by atoms with E-state index in [2.05, 4.69) is 15.5 Å². The first kappa shape index (κ1) is 17.9. The SMILES string of the molecule is CCCN(Cc1nnc(-c2ccccc2Cl)o1)C(=O)Nc1ccccc1. The molecular formula is C19H19ClN4O2. The summed E-state index contributed by atoms with van der Waals surface area (Å²) in [5.41, 5.74) is 1.41. The number of carbonyl (C=O) groups is 1. The van der Waals surface area contributed by atoms with Crippen molar-refractivity contribution in [1.29, 1.82) is 0 Å². The number of para-hydroxylation sites is 1. The monoisotopic (exact) mass is 370 g/mol. The third-order valence-electron chi connectivity index (χ3n) is 3.70. The van der Waals surface area contributed by atoms with E-state index in [0.717, 1.165) is 12.1 Å². The van der Waals surface area contributed by atoms with E-state index in [4.69, 9.17) is 16.0 Å². The molecule has 2 aromatic carbocycles. The van der Waals surface area contributed by atoms with Gasteiger partial charge in [-0.05, 0) is 30.7 Å². The summed E-state index contributed by atoms with van der Waals surface area (Å²) < 4.78 is 5.70. The fourth-order valence-corrected chi connectivity index (χ4v) is 2.69. The van der Waals surface area contributed by atoms with Gasteiger partial charge >= 0.3 is 6.03 Å². The Morgan fingerprint density at radius 1 is 1.12 bits per heavy atom. The number of amides is 2. The molecule has 134 valence electrons. The van der Waals surface area contributed by atoms with Crippen molar-refractivity contribution in [2.24, 2.45) is 0 Å². The van der Waals surface area contributed by atoms with E-state index in [0.29, 0.717) is 28.9 Å². The van der Waals surface area contributed by atoms with Gasteiger partial charge in [0.05, 0.1) is 10.6 Å². The van der Waals surface area contributed by atoms with Crippen molar-refractivity contribution in [3.8, 4) is 11.5 Å². The number of carbonyl (C=O) groups excluding carboxylic acids is 1. The maximum atomic E-state index is 12.5. The number of nitrogens with zero attached hydrogens (tertiary/aromatic N) is 3. The molecule has 0 aliphatic heterocycles. The number of hydrogen-bond donors (Lipinski definition) is 1. The van der Waals surface area contributed by atoms with Gasteiger partial charge in [-0.2, -0.15) is 0 Å². The standard InChI is InChI=1S/C19H19ClN4O2/c1-2-12-24(19(25)21-14-8-4-3-5-9-14)13-17-22-23-18(26-17)15-10-6-7-11-16(15)20/h3-11H,2,12-13H2,1H3,(H,21,25). The lowest BCUT2D eigenvalue weighted by atomic mass is 10.2. The van der Waals surface area contributed by atoms with E-state index in [9.17, 15) is 4.79 Å². The molecule has 1 heterocycles. The third kappa shape index (κ3) is 4.40. The Balaban J connectivity index is 1.72. The number of halogens is 1. The average Bonchev–Trinajstić information content (AvgIpc) is 3.11. The van der Waals surface area contributed by atoms with Crippen LogP contribution in [0, 0.1) is 0 Å². The van der Waals surface area contributed by atoms with Crippen LogP contribution in [-0.2, 0) is 6.54 Å². The highest BCUT2D eigenvalue weighted by Gasteiger charge is 2.18. The fraction of sp³-hybridized carbons (Fsp3) is 0.211. The Hall–Kier alpha value is -2.86. The highest BCUT2D eigenvalue weighted by molar-refractivity contribution is 6.33. The van der Waals surface area contributed by atoms with Crippen LogP contribution in [0.25, 0.3) is 11.5 Å². The second kappa shape index (κ2) is 8.49. The molecule has 0 fully saturated rings. The summed E-state index contributed by atoms with van der Waals surface area (Å²) in [6, 6.07) is 16.4. The van der Waals surface area contributed by atoms with Crippen LogP contribution in [-0.4, -0.2) is 27.7 Å². The minimum Gasteiger partial charge on any atom is -0.419 e. The molecule has 1 aromatic heterocycles. The van der Waals surface area contributed by atoms with Gasteiger partial charge in [0.15, 0.2) is 0 Å². The zero-order valence-electron chi connectivity index (χ0n) is 14.4. The molecule has 0 saturated heterocycles. The summed E-state index contributed by atoms with van der Waals surface area (Å²) >= 11 is 6.16. The van der Waals surface area contributed by atoms with Crippen LogP contribution in [0.2, 0.25) is 5.02 Å². The Morgan fingerprint density at radius 2 is 1.85 bits per heavy atom. The van der Waals surface area contributed by atoms with Crippen LogP contribution >= 0.6 is 11.6 Å². The van der Waals surface area contributed by atoms with Crippen LogP contribution in [0.1, 0.15) is 19.2 Å². The number of benzene rings is 2. The molecule has 0 spiro atoms. The van der Waals surface area contributed by atoms with E-state index in [1.54, 1.807) is 11.0 Å². The second-order valence-corrected chi connectivity index (χ2v) is 6.11. The zero-order chi connectivity index (χ0) is 18.4. The maximum Gasteiger partial charge on any atom is 0.322 e. The summed E-state index contributed by atoms with van der Waals surface area (Å²) in [7, 11) is 0. The lowest BCUT2D eigenvalue weighted by Crippen LogP contribution is -2.35. The molecule has 0 bridgehead atoms. The normalized spacial score (nSPS) is 10.5. The van der Waals surface area contributed by atoms with Gasteiger partial charge in [-0.25, -0.2) is 4.79 Å². The lowest BCUT2D eigenvalue weighted by molar-refractivity contribution is 0.203. The van der Waals surface area contributed by atoms with Gasteiger partial charge < -0.3 is 14.6 Å². The highest BCUT2D eigenvalue weighted by Crippen LogP contribution is 2.26. The third-order valence-corrected chi connectivity index (χ3v) is 4.03. The summed E-state index contributed by atoms with van der Waals surface area (Å²) in [5.74, 6) is 0.696. The van der Waals surface area contributed by atoms with Gasteiger partial charge in [0.1, 0.15) is 6.54 Å². The molecule has 3 rings (SSSR count). The molecular weight excluding hydrogens is 352 g/mol. The number of urea groups is 1. The molecule has 2 amide bonds. The van der Waals surface area contributed by atoms with Crippen molar-refractivity contribution in [3.63, 3.8) is 0 Å². The highest BCUT2D eigenvalue weighted by atomic mass is 35.5. The van der Waals surface area contributed by atoms with E-state index in [-0.39, 0.29) is 12.6 Å². The van der Waals surface area contributed by atoms with E-state index in [1.165, 1.54) is 0 Å². The Morgan fingerprint density at radius 3 is 2.58 bits per heavy atom. The molecule has 7 heteroatoms. The molecule has 0 aliphatic rings. The topological polar surface area (TPSA) is 71.3 Å². The molecule has 0 atom stereocenters. The van der Waals surface area contributed by atoms with Crippen molar-refractivity contribution in [3.05, 3.63) is 65.5 Å². The van der Waals surface area contributed by atoms with Gasteiger partial charge in [-0.3, -0.25) is 0 Å². The Labute approximate surface area is 156 Å². The summed E-state index contributed by atoms with van der Waals surface area (Å²) in [6.07, 6.45) is 0.813. The number of hydrogen-bond acceptors (Lipinski definition) is 4. The minimum absolute atomic E-state index is 0.212. The van der Waals surface area contributed by atoms with Gasteiger partial charge in [-0.15, -0.1) is 10.2 Å². The molecule has 0 aliphatic carbocycles. The summed E-state index contributed by atoms with van der Waals surface area (Å²) in [6.45, 7) is 2.80. The van der Waals surface area contributed by atoms with Gasteiger partial charge in [0.2, 0.25) is 11.8 Å². The molecule has 6 nitrogen and oxygen atoms in total. The van der Waals surface area contributed by atoms with Crippen LogP contribution in [0.15, 0.2) is 59.0 Å². The predicted molar refractivity (Wildman–Crippen MR) is 101 cm³/mol. The van der Waals surface area contributed by atoms with Gasteiger partial charge in [0, 0.05) is 12.2 Å². The van der Waals surface area contributed by atoms with Crippen LogP contribution in [0.3, 0.4) is 0 Å². The average molecular weight is 371 g/mol. The molecule has 0 unspecified atom stereocenters. The van der Waals surface area contributed by atoms with Gasteiger partial charge in [-0.1, -0.05) is 48.9 Å². The molecule has 0 saturated carbocycles. The Bertz CT molecular complexity index is 867. The summed E-state index contributed by atoms with van der Waals surface area (Å²) in [4.78, 5) is 14.2. The number of nitrogens with one attached hydrogen (secondary N) is 1. The molecule has 3 aromatic rings. The van der Waals surface area contributed by atoms with E-state index >= 15 is 0 Å². The second-order valence-electron chi connectivity index (χ2n) is 5.70. The Kier molecular flexibility index (Phi) is 5.86. The maximum absolute atomic E-state index is 12.5. The number of anilines is 1. The van der Waals surface area contributed by atoms with Crippen LogP contribution < -0.4 is 5.32 Å². The van der Waals surface area contributed by atoms with E-state index < -0.39 is 0 Å². The number of aromatic nitrogens is 2. The molecule has 0 radical (unpaired) electrons. The quantitative estimate of drug-likeness (QED) is 0.674. The van der Waals surface area contributed by atoms with Crippen molar-refractivity contribution in [2.45, 2.75) is 19.9 Å². The van der Waals surface area contributed by atoms with Crippen molar-refractivity contribution in [2.75, 3.05) is 11.9 Å². The van der Waals surface area contributed by atoms with Crippen molar-refractivity contribution < 1.29 is 9.21 Å². The van der Waals surface area contributed by atoms with E-state index in [1.807, 2.05) is 55.5 Å². The van der Waals surface area contributed by atoms with Crippen molar-refractivity contribution >= 4 is 23.3 Å². The minimum atomic E-state index is -0.212. The van der Waals surface area contributed by atoms with Crippen LogP contribution in [0.5, 0.6) is 0 Å². The smallest absolute Gasteiger partial charge is 0.322 e.